The lowest BCUT2D eigenvalue weighted by Gasteiger charge is -2.17. The van der Waals surface area contributed by atoms with Gasteiger partial charge in [0, 0.05) is 33.7 Å². The molecular formula is C15H25IN4O2S. The second kappa shape index (κ2) is 8.29. The van der Waals surface area contributed by atoms with E-state index in [-0.39, 0.29) is 24.0 Å². The van der Waals surface area contributed by atoms with Crippen molar-refractivity contribution in [1.82, 2.24) is 14.9 Å². The summed E-state index contributed by atoms with van der Waals surface area (Å²) < 4.78 is 25.9. The first kappa shape index (κ1) is 20.2. The minimum atomic E-state index is -3.45. The molecule has 2 unspecified atom stereocenters. The van der Waals surface area contributed by atoms with E-state index < -0.39 is 10.0 Å². The van der Waals surface area contributed by atoms with Crippen molar-refractivity contribution < 1.29 is 8.42 Å². The van der Waals surface area contributed by atoms with Gasteiger partial charge in [0.15, 0.2) is 5.96 Å². The number of nitrogens with one attached hydrogen (secondary N) is 2. The van der Waals surface area contributed by atoms with Crippen LogP contribution in [0.2, 0.25) is 0 Å². The molecule has 6 nitrogen and oxygen atoms in total. The standard InChI is InChI=1S/C15H24N4O2S.HI/c1-11-9-13(11)18-15(16-2)17-10-12-7-5-6-8-14(12)22(20,21)19(3)4;/h5-8,11,13H,9-10H2,1-4H3,(H2,16,17,18);1H. The average molecular weight is 452 g/mol. The Labute approximate surface area is 155 Å². The van der Waals surface area contributed by atoms with Crippen LogP contribution in [0.15, 0.2) is 34.2 Å². The number of benzene rings is 1. The maximum Gasteiger partial charge on any atom is 0.242 e. The predicted molar refractivity (Wildman–Crippen MR) is 104 cm³/mol. The Morgan fingerprint density at radius 3 is 2.48 bits per heavy atom. The van der Waals surface area contributed by atoms with Gasteiger partial charge in [-0.1, -0.05) is 25.1 Å². The Bertz CT molecular complexity index is 661. The molecule has 0 amide bonds. The number of nitrogens with zero attached hydrogens (tertiary/aromatic N) is 2. The number of aliphatic imine (C=N–C) groups is 1. The maximum atomic E-state index is 12.4. The molecule has 0 radical (unpaired) electrons. The highest BCUT2D eigenvalue weighted by atomic mass is 127. The Morgan fingerprint density at radius 2 is 1.96 bits per heavy atom. The van der Waals surface area contributed by atoms with Crippen LogP contribution in [0.1, 0.15) is 18.9 Å². The topological polar surface area (TPSA) is 73.8 Å². The molecule has 1 aliphatic rings. The molecule has 1 aromatic rings. The lowest BCUT2D eigenvalue weighted by Crippen LogP contribution is -2.39. The number of halogens is 1. The van der Waals surface area contributed by atoms with Crippen molar-refractivity contribution in [3.63, 3.8) is 0 Å². The summed E-state index contributed by atoms with van der Waals surface area (Å²) >= 11 is 0. The van der Waals surface area contributed by atoms with Crippen LogP contribution in [0, 0.1) is 5.92 Å². The first-order chi connectivity index (χ1) is 10.4. The number of hydrogen-bond acceptors (Lipinski definition) is 3. The molecule has 0 spiro atoms. The minimum Gasteiger partial charge on any atom is -0.353 e. The number of guanidine groups is 1. The molecular weight excluding hydrogens is 427 g/mol. The van der Waals surface area contributed by atoms with Crippen LogP contribution in [0.25, 0.3) is 0 Å². The van der Waals surface area contributed by atoms with E-state index in [0.717, 1.165) is 12.0 Å². The molecule has 8 heteroatoms. The van der Waals surface area contributed by atoms with Crippen molar-refractivity contribution in [3.05, 3.63) is 29.8 Å². The van der Waals surface area contributed by atoms with Gasteiger partial charge >= 0.3 is 0 Å². The summed E-state index contributed by atoms with van der Waals surface area (Å²) in [6.45, 7) is 2.59. The van der Waals surface area contributed by atoms with Crippen LogP contribution < -0.4 is 10.6 Å². The highest BCUT2D eigenvalue weighted by Crippen LogP contribution is 2.28. The largest absolute Gasteiger partial charge is 0.353 e. The Morgan fingerprint density at radius 1 is 1.35 bits per heavy atom. The van der Waals surface area contributed by atoms with Gasteiger partial charge in [0.05, 0.1) is 4.90 Å². The van der Waals surface area contributed by atoms with Crippen molar-refractivity contribution in [1.29, 1.82) is 0 Å². The molecule has 0 bridgehead atoms. The third-order valence-corrected chi connectivity index (χ3v) is 5.75. The van der Waals surface area contributed by atoms with Crippen LogP contribution in [-0.4, -0.2) is 45.9 Å². The van der Waals surface area contributed by atoms with E-state index in [2.05, 4.69) is 22.5 Å². The fourth-order valence-electron chi connectivity index (χ4n) is 2.17. The summed E-state index contributed by atoms with van der Waals surface area (Å²) in [5, 5.41) is 6.51. The third-order valence-electron chi connectivity index (χ3n) is 3.83. The zero-order valence-electron chi connectivity index (χ0n) is 13.9. The molecule has 1 aliphatic carbocycles. The van der Waals surface area contributed by atoms with Crippen molar-refractivity contribution >= 4 is 40.0 Å². The van der Waals surface area contributed by atoms with E-state index in [1.807, 2.05) is 12.1 Å². The van der Waals surface area contributed by atoms with Crippen molar-refractivity contribution in [2.75, 3.05) is 21.1 Å². The normalized spacial score (nSPS) is 20.8. The Kier molecular flexibility index (Phi) is 7.28. The smallest absolute Gasteiger partial charge is 0.242 e. The van der Waals surface area contributed by atoms with Crippen molar-refractivity contribution in [2.45, 2.75) is 30.8 Å². The molecule has 0 heterocycles. The molecule has 0 aliphatic heterocycles. The fraction of sp³-hybridized carbons (Fsp3) is 0.533. The van der Waals surface area contributed by atoms with Gasteiger partial charge < -0.3 is 10.6 Å². The first-order valence-corrected chi connectivity index (χ1v) is 8.78. The Hall–Kier alpha value is -0.870. The summed E-state index contributed by atoms with van der Waals surface area (Å²) in [7, 11) is 1.34. The van der Waals surface area contributed by atoms with Gasteiger partial charge in [-0.15, -0.1) is 24.0 Å². The molecule has 130 valence electrons. The first-order valence-electron chi connectivity index (χ1n) is 7.34. The van der Waals surface area contributed by atoms with E-state index in [4.69, 9.17) is 0 Å². The molecule has 23 heavy (non-hydrogen) atoms. The quantitative estimate of drug-likeness (QED) is 0.405. The zero-order chi connectivity index (χ0) is 16.3. The van der Waals surface area contributed by atoms with Gasteiger partial charge in [0.25, 0.3) is 0 Å². The number of sulfonamides is 1. The van der Waals surface area contributed by atoms with E-state index in [9.17, 15) is 8.42 Å². The molecule has 2 N–H and O–H groups in total. The molecule has 1 fully saturated rings. The fourth-order valence-corrected chi connectivity index (χ4v) is 3.29. The molecule has 0 saturated heterocycles. The maximum absolute atomic E-state index is 12.4. The summed E-state index contributed by atoms with van der Waals surface area (Å²) in [4.78, 5) is 4.50. The van der Waals surface area contributed by atoms with Crippen LogP contribution in [-0.2, 0) is 16.6 Å². The summed E-state index contributed by atoms with van der Waals surface area (Å²) in [5.41, 5.74) is 0.725. The molecule has 1 aromatic carbocycles. The molecule has 2 rings (SSSR count). The highest BCUT2D eigenvalue weighted by Gasteiger charge is 2.33. The van der Waals surface area contributed by atoms with E-state index >= 15 is 0 Å². The lowest BCUT2D eigenvalue weighted by atomic mass is 10.2. The lowest BCUT2D eigenvalue weighted by molar-refractivity contribution is 0.519. The molecule has 2 atom stereocenters. The van der Waals surface area contributed by atoms with Crippen LogP contribution in [0.3, 0.4) is 0 Å². The van der Waals surface area contributed by atoms with Gasteiger partial charge in [-0.25, -0.2) is 12.7 Å². The zero-order valence-corrected chi connectivity index (χ0v) is 17.1. The Balaban J connectivity index is 0.00000264. The molecule has 0 aromatic heterocycles. The minimum absolute atomic E-state index is 0. The molecule has 1 saturated carbocycles. The van der Waals surface area contributed by atoms with E-state index in [0.29, 0.717) is 29.4 Å². The van der Waals surface area contributed by atoms with E-state index in [1.54, 1.807) is 19.2 Å². The summed E-state index contributed by atoms with van der Waals surface area (Å²) in [6, 6.07) is 7.48. The SMILES string of the molecule is CN=C(NCc1ccccc1S(=O)(=O)N(C)C)NC1CC1C.I. The van der Waals surface area contributed by atoms with Gasteiger partial charge in [-0.2, -0.15) is 0 Å². The van der Waals surface area contributed by atoms with E-state index in [1.165, 1.54) is 18.4 Å². The van der Waals surface area contributed by atoms with Crippen molar-refractivity contribution in [3.8, 4) is 0 Å². The monoisotopic (exact) mass is 452 g/mol. The van der Waals surface area contributed by atoms with Crippen LogP contribution in [0.4, 0.5) is 0 Å². The summed E-state index contributed by atoms with van der Waals surface area (Å²) in [6.07, 6.45) is 1.15. The second-order valence-corrected chi connectivity index (χ2v) is 7.90. The number of rotatable bonds is 5. The van der Waals surface area contributed by atoms with Crippen LogP contribution >= 0.6 is 24.0 Å². The summed E-state index contributed by atoms with van der Waals surface area (Å²) in [5.74, 6) is 1.37. The van der Waals surface area contributed by atoms with Crippen molar-refractivity contribution in [2.24, 2.45) is 10.9 Å². The predicted octanol–water partition coefficient (Wildman–Crippen LogP) is 1.63. The van der Waals surface area contributed by atoms with Gasteiger partial charge in [0.1, 0.15) is 0 Å². The highest BCUT2D eigenvalue weighted by molar-refractivity contribution is 14.0. The number of hydrogen-bond donors (Lipinski definition) is 2. The van der Waals surface area contributed by atoms with Gasteiger partial charge in [-0.3, -0.25) is 4.99 Å². The average Bonchev–Trinajstić information content (AvgIpc) is 3.18. The van der Waals surface area contributed by atoms with Gasteiger partial charge in [0.2, 0.25) is 10.0 Å². The van der Waals surface area contributed by atoms with Crippen LogP contribution in [0.5, 0.6) is 0 Å². The second-order valence-electron chi connectivity index (χ2n) is 5.78. The van der Waals surface area contributed by atoms with Gasteiger partial charge in [-0.05, 0) is 24.0 Å². The third kappa shape index (κ3) is 5.05.